The van der Waals surface area contributed by atoms with Gasteiger partial charge in [0, 0.05) is 13.7 Å². The molecule has 0 aromatic rings. The van der Waals surface area contributed by atoms with Crippen LogP contribution in [0.1, 0.15) is 6.42 Å². The van der Waals surface area contributed by atoms with Crippen molar-refractivity contribution in [2.24, 2.45) is 0 Å². The third kappa shape index (κ3) is 1.48. The number of aliphatic hydroxyl groups is 1. The quantitative estimate of drug-likeness (QED) is 0.579. The van der Waals surface area contributed by atoms with Gasteiger partial charge in [-0.05, 0) is 13.5 Å². The molecule has 1 aliphatic rings. The molecule has 60 valence electrons. The van der Waals surface area contributed by atoms with E-state index in [-0.39, 0.29) is 12.1 Å². The summed E-state index contributed by atoms with van der Waals surface area (Å²) in [5, 5.41) is 9.37. The molecule has 0 saturated carbocycles. The average Bonchev–Trinajstić information content (AvgIpc) is 2.20. The number of nitrogens with zero attached hydrogens (tertiary/aromatic N) is 1. The molecule has 1 heterocycles. The Balaban J connectivity index is 2.38. The lowest BCUT2D eigenvalue weighted by atomic mass is 10.2. The van der Waals surface area contributed by atoms with Crippen molar-refractivity contribution in [1.29, 1.82) is 0 Å². The van der Waals surface area contributed by atoms with E-state index in [9.17, 15) is 5.11 Å². The molecule has 2 atom stereocenters. The van der Waals surface area contributed by atoms with Gasteiger partial charge in [0.1, 0.15) is 0 Å². The normalized spacial score (nSPS) is 35.1. The first kappa shape index (κ1) is 7.98. The highest BCUT2D eigenvalue weighted by Crippen LogP contribution is 2.15. The minimum atomic E-state index is -0.190. The molecule has 1 saturated heterocycles. The van der Waals surface area contributed by atoms with Crippen molar-refractivity contribution in [3.8, 4) is 0 Å². The molecule has 0 aromatic heterocycles. The monoisotopic (exact) mass is 145 g/mol. The Morgan fingerprint density at radius 1 is 1.70 bits per heavy atom. The third-order valence-electron chi connectivity index (χ3n) is 2.13. The fraction of sp³-hybridized carbons (Fsp3) is 1.00. The van der Waals surface area contributed by atoms with Crippen molar-refractivity contribution in [1.82, 2.24) is 4.90 Å². The van der Waals surface area contributed by atoms with Crippen LogP contribution in [0.3, 0.4) is 0 Å². The minimum absolute atomic E-state index is 0.190. The SMILES string of the molecule is COC[C@@H]1[C@@H](O)CCN1C. The van der Waals surface area contributed by atoms with Crippen LogP contribution >= 0.6 is 0 Å². The Labute approximate surface area is 61.6 Å². The van der Waals surface area contributed by atoms with Gasteiger partial charge < -0.3 is 9.84 Å². The second-order valence-electron chi connectivity index (χ2n) is 2.86. The first-order valence-corrected chi connectivity index (χ1v) is 3.63. The number of likely N-dealkylation sites (tertiary alicyclic amines) is 1. The molecule has 0 aromatic carbocycles. The maximum Gasteiger partial charge on any atom is 0.0729 e. The molecule has 0 unspecified atom stereocenters. The van der Waals surface area contributed by atoms with Crippen LogP contribution < -0.4 is 0 Å². The number of rotatable bonds is 2. The van der Waals surface area contributed by atoms with Crippen LogP contribution in [0.5, 0.6) is 0 Å². The summed E-state index contributed by atoms with van der Waals surface area (Å²) in [7, 11) is 3.68. The molecule has 1 fully saturated rings. The first-order chi connectivity index (χ1) is 4.75. The van der Waals surface area contributed by atoms with Gasteiger partial charge in [0.25, 0.3) is 0 Å². The van der Waals surface area contributed by atoms with E-state index in [1.807, 2.05) is 7.05 Å². The van der Waals surface area contributed by atoms with Crippen LogP contribution in [0.15, 0.2) is 0 Å². The minimum Gasteiger partial charge on any atom is -0.391 e. The molecule has 10 heavy (non-hydrogen) atoms. The third-order valence-corrected chi connectivity index (χ3v) is 2.13. The van der Waals surface area contributed by atoms with Crippen molar-refractivity contribution >= 4 is 0 Å². The number of methoxy groups -OCH3 is 1. The van der Waals surface area contributed by atoms with Gasteiger partial charge in [0.2, 0.25) is 0 Å². The van der Waals surface area contributed by atoms with Crippen LogP contribution in [-0.2, 0) is 4.74 Å². The standard InChI is InChI=1S/C7H15NO2/c1-8-4-3-7(9)6(8)5-10-2/h6-7,9H,3-5H2,1-2H3/t6-,7+/m1/s1. The lowest BCUT2D eigenvalue weighted by Gasteiger charge is -2.20. The fourth-order valence-corrected chi connectivity index (χ4v) is 1.40. The largest absolute Gasteiger partial charge is 0.391 e. The molecule has 0 radical (unpaired) electrons. The van der Waals surface area contributed by atoms with Crippen LogP contribution in [-0.4, -0.2) is 49.5 Å². The first-order valence-electron chi connectivity index (χ1n) is 3.63. The smallest absolute Gasteiger partial charge is 0.0729 e. The lowest BCUT2D eigenvalue weighted by molar-refractivity contribution is 0.0602. The summed E-state index contributed by atoms with van der Waals surface area (Å²) in [5.41, 5.74) is 0. The van der Waals surface area contributed by atoms with Crippen molar-refractivity contribution in [3.05, 3.63) is 0 Å². The van der Waals surface area contributed by atoms with Gasteiger partial charge in [0.15, 0.2) is 0 Å². The van der Waals surface area contributed by atoms with E-state index in [1.165, 1.54) is 0 Å². The maximum atomic E-state index is 9.37. The van der Waals surface area contributed by atoms with Crippen molar-refractivity contribution in [2.75, 3.05) is 27.3 Å². The van der Waals surface area contributed by atoms with Gasteiger partial charge in [0.05, 0.1) is 18.8 Å². The molecule has 3 heteroatoms. The predicted octanol–water partition coefficient (Wildman–Crippen LogP) is -0.302. The summed E-state index contributed by atoms with van der Waals surface area (Å²) in [6.45, 7) is 1.62. The Morgan fingerprint density at radius 3 is 2.80 bits per heavy atom. The van der Waals surface area contributed by atoms with Crippen LogP contribution in [0.25, 0.3) is 0 Å². The molecule has 0 amide bonds. The summed E-state index contributed by atoms with van der Waals surface area (Å²) in [6, 6.07) is 0.213. The topological polar surface area (TPSA) is 32.7 Å². The summed E-state index contributed by atoms with van der Waals surface area (Å²) >= 11 is 0. The second-order valence-corrected chi connectivity index (χ2v) is 2.86. The molecule has 0 spiro atoms. The van der Waals surface area contributed by atoms with Crippen LogP contribution in [0.2, 0.25) is 0 Å². The zero-order valence-electron chi connectivity index (χ0n) is 6.58. The molecule has 0 bridgehead atoms. The number of hydrogen-bond acceptors (Lipinski definition) is 3. The van der Waals surface area contributed by atoms with Gasteiger partial charge >= 0.3 is 0 Å². The molecular weight excluding hydrogens is 130 g/mol. The van der Waals surface area contributed by atoms with Gasteiger partial charge in [-0.2, -0.15) is 0 Å². The van der Waals surface area contributed by atoms with E-state index in [0.29, 0.717) is 6.61 Å². The van der Waals surface area contributed by atoms with Crippen molar-refractivity contribution in [2.45, 2.75) is 18.6 Å². The Morgan fingerprint density at radius 2 is 2.40 bits per heavy atom. The lowest BCUT2D eigenvalue weighted by Crippen LogP contribution is -2.36. The van der Waals surface area contributed by atoms with Gasteiger partial charge in [-0.1, -0.05) is 0 Å². The van der Waals surface area contributed by atoms with Crippen LogP contribution in [0, 0.1) is 0 Å². The van der Waals surface area contributed by atoms with Gasteiger partial charge in [-0.3, -0.25) is 4.90 Å². The second kappa shape index (κ2) is 3.32. The Hall–Kier alpha value is -0.120. The highest BCUT2D eigenvalue weighted by Gasteiger charge is 2.29. The Bertz CT molecular complexity index is 97.8. The van der Waals surface area contributed by atoms with E-state index in [4.69, 9.17) is 4.74 Å². The van der Waals surface area contributed by atoms with E-state index in [2.05, 4.69) is 4.90 Å². The highest BCUT2D eigenvalue weighted by molar-refractivity contribution is 4.84. The molecule has 1 rings (SSSR count). The number of aliphatic hydroxyl groups excluding tert-OH is 1. The summed E-state index contributed by atoms with van der Waals surface area (Å²) in [4.78, 5) is 2.13. The Kier molecular flexibility index (Phi) is 2.65. The summed E-state index contributed by atoms with van der Waals surface area (Å²) < 4.78 is 4.96. The average molecular weight is 145 g/mol. The fourth-order valence-electron chi connectivity index (χ4n) is 1.40. The molecule has 0 aliphatic carbocycles. The zero-order valence-corrected chi connectivity index (χ0v) is 6.58. The maximum absolute atomic E-state index is 9.37. The summed E-state index contributed by atoms with van der Waals surface area (Å²) in [6.07, 6.45) is 0.690. The number of ether oxygens (including phenoxy) is 1. The molecule has 3 nitrogen and oxygen atoms in total. The van der Waals surface area contributed by atoms with E-state index >= 15 is 0 Å². The van der Waals surface area contributed by atoms with E-state index in [1.54, 1.807) is 7.11 Å². The molecular formula is C7H15NO2. The van der Waals surface area contributed by atoms with Crippen LogP contribution in [0.4, 0.5) is 0 Å². The molecule has 1 N–H and O–H groups in total. The van der Waals surface area contributed by atoms with Crippen molar-refractivity contribution in [3.63, 3.8) is 0 Å². The highest BCUT2D eigenvalue weighted by atomic mass is 16.5. The number of hydrogen-bond donors (Lipinski definition) is 1. The van der Waals surface area contributed by atoms with E-state index in [0.717, 1.165) is 13.0 Å². The van der Waals surface area contributed by atoms with Crippen molar-refractivity contribution < 1.29 is 9.84 Å². The predicted molar refractivity (Wildman–Crippen MR) is 38.9 cm³/mol. The zero-order chi connectivity index (χ0) is 7.56. The van der Waals surface area contributed by atoms with Gasteiger partial charge in [-0.15, -0.1) is 0 Å². The van der Waals surface area contributed by atoms with E-state index < -0.39 is 0 Å². The van der Waals surface area contributed by atoms with Gasteiger partial charge in [-0.25, -0.2) is 0 Å². The number of likely N-dealkylation sites (N-methyl/N-ethyl adjacent to an activating group) is 1. The molecule has 1 aliphatic heterocycles. The summed E-state index contributed by atoms with van der Waals surface area (Å²) in [5.74, 6) is 0.